The standard InChI is InChI=1S/C35H28N2O6/c38-32-27-3-1-2-26-30(22-4-6-23(7-5-22)34(40)41)29(37(42)43)15-28(31(26)27)33(39)36(32)25-10-8-24(9-11-25)35-16-19-12-20(17-35)14-21(13-19)18-35/h1-11,15,19-21H,12-14,16-18H2,(H,40,41). The number of nitro benzene ring substituents is 1. The Hall–Kier alpha value is -4.85. The molecule has 0 saturated heterocycles. The highest BCUT2D eigenvalue weighted by atomic mass is 16.6. The fourth-order valence-corrected chi connectivity index (χ4v) is 9.04. The average Bonchev–Trinajstić information content (AvgIpc) is 2.99. The lowest BCUT2D eigenvalue weighted by Crippen LogP contribution is -2.48. The van der Waals surface area contributed by atoms with E-state index in [1.807, 2.05) is 12.1 Å². The van der Waals surface area contributed by atoms with Gasteiger partial charge in [-0.2, -0.15) is 0 Å². The number of amides is 2. The van der Waals surface area contributed by atoms with Crippen LogP contribution in [0.5, 0.6) is 0 Å². The van der Waals surface area contributed by atoms with Gasteiger partial charge < -0.3 is 5.11 Å². The van der Waals surface area contributed by atoms with Crippen LogP contribution in [0, 0.1) is 27.9 Å². The third-order valence-corrected chi connectivity index (χ3v) is 10.4. The number of carbonyl (C=O) groups is 3. The highest BCUT2D eigenvalue weighted by Crippen LogP contribution is 2.60. The molecule has 4 bridgehead atoms. The maximum atomic E-state index is 14.0. The Morgan fingerprint density at radius 1 is 0.837 bits per heavy atom. The Labute approximate surface area is 247 Å². The van der Waals surface area contributed by atoms with Gasteiger partial charge in [0.25, 0.3) is 17.5 Å². The van der Waals surface area contributed by atoms with E-state index in [0.717, 1.165) is 22.7 Å². The summed E-state index contributed by atoms with van der Waals surface area (Å²) in [5.74, 6) is 0.191. The van der Waals surface area contributed by atoms with Gasteiger partial charge in [-0.15, -0.1) is 0 Å². The van der Waals surface area contributed by atoms with Gasteiger partial charge in [0, 0.05) is 17.0 Å². The highest BCUT2D eigenvalue weighted by molar-refractivity contribution is 6.37. The molecule has 4 fully saturated rings. The minimum Gasteiger partial charge on any atom is -0.478 e. The molecule has 0 unspecified atom stereocenters. The van der Waals surface area contributed by atoms with Crippen LogP contribution in [0.3, 0.4) is 0 Å². The van der Waals surface area contributed by atoms with Gasteiger partial charge in [-0.25, -0.2) is 9.69 Å². The number of imide groups is 1. The van der Waals surface area contributed by atoms with Crippen molar-refractivity contribution in [3.8, 4) is 11.1 Å². The summed E-state index contributed by atoms with van der Waals surface area (Å²) >= 11 is 0. The smallest absolute Gasteiger partial charge is 0.335 e. The molecule has 0 atom stereocenters. The Kier molecular flexibility index (Phi) is 5.45. The van der Waals surface area contributed by atoms with E-state index in [-0.39, 0.29) is 33.4 Å². The number of rotatable bonds is 5. The molecule has 1 heterocycles. The summed E-state index contributed by atoms with van der Waals surface area (Å²) in [6.45, 7) is 0. The lowest BCUT2D eigenvalue weighted by Gasteiger charge is -2.57. The molecule has 0 radical (unpaired) electrons. The summed E-state index contributed by atoms with van der Waals surface area (Å²) in [5, 5.41) is 22.4. The van der Waals surface area contributed by atoms with Crippen molar-refractivity contribution in [1.82, 2.24) is 0 Å². The van der Waals surface area contributed by atoms with Crippen LogP contribution in [-0.2, 0) is 5.41 Å². The molecule has 4 saturated carbocycles. The lowest BCUT2D eigenvalue weighted by atomic mass is 9.48. The van der Waals surface area contributed by atoms with Gasteiger partial charge in [-0.3, -0.25) is 19.7 Å². The fourth-order valence-electron chi connectivity index (χ4n) is 9.04. The van der Waals surface area contributed by atoms with Crippen LogP contribution < -0.4 is 4.90 Å². The molecule has 8 heteroatoms. The maximum absolute atomic E-state index is 14.0. The first-order valence-corrected chi connectivity index (χ1v) is 14.8. The zero-order chi connectivity index (χ0) is 29.6. The first-order chi connectivity index (χ1) is 20.7. The number of benzene rings is 4. The molecular formula is C35H28N2O6. The van der Waals surface area contributed by atoms with E-state index < -0.39 is 22.7 Å². The average molecular weight is 573 g/mol. The quantitative estimate of drug-likeness (QED) is 0.151. The highest BCUT2D eigenvalue weighted by Gasteiger charge is 2.51. The SMILES string of the molecule is O=C(O)c1ccc(-c2c([N+](=O)[O-])cc3c4c(cccc24)C(=O)N(c2ccc(C45CC6CC(CC(C6)C4)C5)cc2)C3=O)cc1. The Bertz CT molecular complexity index is 1860. The maximum Gasteiger partial charge on any atom is 0.335 e. The molecule has 0 spiro atoms. The van der Waals surface area contributed by atoms with Crippen molar-refractivity contribution in [2.45, 2.75) is 43.9 Å². The first-order valence-electron chi connectivity index (χ1n) is 14.8. The van der Waals surface area contributed by atoms with E-state index in [1.165, 1.54) is 74.4 Å². The van der Waals surface area contributed by atoms with Crippen molar-refractivity contribution < 1.29 is 24.4 Å². The zero-order valence-corrected chi connectivity index (χ0v) is 23.3. The molecule has 5 aliphatic rings. The summed E-state index contributed by atoms with van der Waals surface area (Å²) in [6, 6.07) is 19.8. The second kappa shape index (κ2) is 9.07. The van der Waals surface area contributed by atoms with E-state index >= 15 is 0 Å². The predicted molar refractivity (Wildman–Crippen MR) is 160 cm³/mol. The van der Waals surface area contributed by atoms with E-state index in [2.05, 4.69) is 12.1 Å². The van der Waals surface area contributed by atoms with Crippen LogP contribution in [0.15, 0.2) is 72.8 Å². The van der Waals surface area contributed by atoms with Gasteiger partial charge >= 0.3 is 5.97 Å². The van der Waals surface area contributed by atoms with Crippen LogP contribution in [0.25, 0.3) is 21.9 Å². The number of aromatic carboxylic acids is 1. The van der Waals surface area contributed by atoms with Crippen molar-refractivity contribution in [1.29, 1.82) is 0 Å². The predicted octanol–water partition coefficient (Wildman–Crippen LogP) is 7.38. The number of nitro groups is 1. The number of hydrogen-bond acceptors (Lipinski definition) is 5. The molecule has 214 valence electrons. The molecule has 9 rings (SSSR count). The minimum atomic E-state index is -1.11. The van der Waals surface area contributed by atoms with E-state index in [4.69, 9.17) is 0 Å². The molecule has 2 amide bonds. The summed E-state index contributed by atoms with van der Waals surface area (Å²) in [7, 11) is 0. The zero-order valence-electron chi connectivity index (χ0n) is 23.3. The largest absolute Gasteiger partial charge is 0.478 e. The molecule has 0 aromatic heterocycles. The van der Waals surface area contributed by atoms with Crippen LogP contribution in [0.4, 0.5) is 11.4 Å². The summed E-state index contributed by atoms with van der Waals surface area (Å²) in [6.07, 6.45) is 7.67. The third-order valence-electron chi connectivity index (χ3n) is 10.4. The summed E-state index contributed by atoms with van der Waals surface area (Å²) in [4.78, 5) is 52.2. The van der Waals surface area contributed by atoms with E-state index in [1.54, 1.807) is 18.2 Å². The van der Waals surface area contributed by atoms with Crippen molar-refractivity contribution in [3.05, 3.63) is 105 Å². The molecule has 4 aromatic carbocycles. The van der Waals surface area contributed by atoms with Crippen LogP contribution >= 0.6 is 0 Å². The number of carbonyl (C=O) groups excluding carboxylic acids is 2. The number of hydrogen-bond donors (Lipinski definition) is 1. The van der Waals surface area contributed by atoms with Crippen molar-refractivity contribution in [2.75, 3.05) is 4.90 Å². The van der Waals surface area contributed by atoms with Gasteiger partial charge in [-0.05, 0) is 109 Å². The first kappa shape index (κ1) is 25.8. The Morgan fingerprint density at radius 2 is 1.44 bits per heavy atom. The summed E-state index contributed by atoms with van der Waals surface area (Å²) < 4.78 is 0. The normalized spacial score (nSPS) is 25.4. The van der Waals surface area contributed by atoms with Gasteiger partial charge in [0.1, 0.15) is 0 Å². The van der Waals surface area contributed by atoms with Crippen LogP contribution in [0.2, 0.25) is 0 Å². The minimum absolute atomic E-state index is 0.0457. The number of nitrogens with zero attached hydrogens (tertiary/aromatic N) is 2. The number of carboxylic acid groups (broad SMARTS) is 1. The second-order valence-corrected chi connectivity index (χ2v) is 12.9. The van der Waals surface area contributed by atoms with Gasteiger partial charge in [0.05, 0.1) is 27.3 Å². The van der Waals surface area contributed by atoms with Crippen LogP contribution in [0.1, 0.15) is 75.2 Å². The fraction of sp³-hybridized carbons (Fsp3) is 0.286. The second-order valence-electron chi connectivity index (χ2n) is 12.9. The number of anilines is 1. The number of carboxylic acids is 1. The Balaban J connectivity index is 1.21. The van der Waals surface area contributed by atoms with Gasteiger partial charge in [-0.1, -0.05) is 36.4 Å². The molecule has 1 N–H and O–H groups in total. The molecule has 4 aromatic rings. The molecule has 4 aliphatic carbocycles. The topological polar surface area (TPSA) is 118 Å². The van der Waals surface area contributed by atoms with E-state index in [0.29, 0.717) is 22.0 Å². The monoisotopic (exact) mass is 572 g/mol. The van der Waals surface area contributed by atoms with Crippen molar-refractivity contribution in [2.24, 2.45) is 17.8 Å². The van der Waals surface area contributed by atoms with Crippen LogP contribution in [-0.4, -0.2) is 27.8 Å². The molecule has 43 heavy (non-hydrogen) atoms. The molecule has 1 aliphatic heterocycles. The van der Waals surface area contributed by atoms with E-state index in [9.17, 15) is 29.6 Å². The van der Waals surface area contributed by atoms with Crippen molar-refractivity contribution in [3.63, 3.8) is 0 Å². The van der Waals surface area contributed by atoms with Gasteiger partial charge in [0.15, 0.2) is 0 Å². The van der Waals surface area contributed by atoms with Crippen molar-refractivity contribution >= 4 is 39.9 Å². The third kappa shape index (κ3) is 3.78. The molecular weight excluding hydrogens is 544 g/mol. The van der Waals surface area contributed by atoms with Gasteiger partial charge in [0.2, 0.25) is 0 Å². The lowest BCUT2D eigenvalue weighted by molar-refractivity contribution is -0.384. The summed E-state index contributed by atoms with van der Waals surface area (Å²) in [5.41, 5.74) is 2.70. The molecule has 8 nitrogen and oxygen atoms in total. The Morgan fingerprint density at radius 3 is 2.02 bits per heavy atom.